The number of hydrogen-bond acceptors (Lipinski definition) is 4. The van der Waals surface area contributed by atoms with E-state index >= 15 is 0 Å². The summed E-state index contributed by atoms with van der Waals surface area (Å²) < 4.78 is 0. The first-order chi connectivity index (χ1) is 10.3. The monoisotopic (exact) mass is 283 g/mol. The molecule has 6 rings (SSSR count). The van der Waals surface area contributed by atoms with Crippen LogP contribution in [0.5, 0.6) is 0 Å². The van der Waals surface area contributed by atoms with Crippen LogP contribution in [0.15, 0.2) is 12.5 Å². The number of anilines is 1. The van der Waals surface area contributed by atoms with Crippen molar-refractivity contribution in [3.8, 4) is 0 Å². The second-order valence-electron chi connectivity index (χ2n) is 7.31. The normalized spacial score (nSPS) is 37.2. The van der Waals surface area contributed by atoms with Crippen LogP contribution in [0.3, 0.4) is 0 Å². The van der Waals surface area contributed by atoms with Crippen molar-refractivity contribution in [3.05, 3.63) is 12.5 Å². The fraction of sp³-hybridized carbons (Fsp3) is 0.688. The van der Waals surface area contributed by atoms with E-state index in [9.17, 15) is 0 Å². The number of rotatable bonds is 3. The maximum Gasteiger partial charge on any atom is 0.224 e. The molecule has 4 aliphatic carbocycles. The van der Waals surface area contributed by atoms with Gasteiger partial charge in [-0.05, 0) is 61.7 Å². The summed E-state index contributed by atoms with van der Waals surface area (Å²) in [7, 11) is 0. The highest BCUT2D eigenvalue weighted by atomic mass is 15.1. The topological polar surface area (TPSA) is 66.5 Å². The molecule has 0 atom stereocenters. The molecule has 0 aliphatic heterocycles. The zero-order valence-electron chi connectivity index (χ0n) is 12.1. The molecule has 0 saturated heterocycles. The zero-order valence-corrected chi connectivity index (χ0v) is 12.1. The van der Waals surface area contributed by atoms with Crippen molar-refractivity contribution in [1.29, 1.82) is 0 Å². The van der Waals surface area contributed by atoms with Gasteiger partial charge < -0.3 is 10.3 Å². The second-order valence-corrected chi connectivity index (χ2v) is 7.31. The summed E-state index contributed by atoms with van der Waals surface area (Å²) in [6, 6.07) is 0. The highest BCUT2D eigenvalue weighted by Gasteiger charge is 2.47. The number of aromatic amines is 1. The number of aromatic nitrogens is 4. The Balaban J connectivity index is 1.31. The van der Waals surface area contributed by atoms with E-state index in [4.69, 9.17) is 0 Å². The third-order valence-corrected chi connectivity index (χ3v) is 6.09. The van der Waals surface area contributed by atoms with Gasteiger partial charge in [0.2, 0.25) is 5.95 Å². The molecule has 5 heteroatoms. The average molecular weight is 283 g/mol. The molecule has 2 N–H and O–H groups in total. The molecule has 4 aliphatic rings. The molecular formula is C16H21N5. The van der Waals surface area contributed by atoms with Gasteiger partial charge in [-0.1, -0.05) is 0 Å². The van der Waals surface area contributed by atoms with Gasteiger partial charge in [-0.3, -0.25) is 0 Å². The van der Waals surface area contributed by atoms with Crippen molar-refractivity contribution in [2.75, 3.05) is 11.9 Å². The van der Waals surface area contributed by atoms with E-state index in [0.717, 1.165) is 53.2 Å². The van der Waals surface area contributed by atoms with Crippen LogP contribution in [0.25, 0.3) is 11.2 Å². The molecule has 4 saturated carbocycles. The van der Waals surface area contributed by atoms with Crippen molar-refractivity contribution in [3.63, 3.8) is 0 Å². The fourth-order valence-electron chi connectivity index (χ4n) is 5.40. The molecule has 21 heavy (non-hydrogen) atoms. The van der Waals surface area contributed by atoms with Gasteiger partial charge in [0, 0.05) is 6.54 Å². The van der Waals surface area contributed by atoms with E-state index in [1.807, 2.05) is 6.20 Å². The molecular weight excluding hydrogens is 262 g/mol. The van der Waals surface area contributed by atoms with Crippen molar-refractivity contribution in [2.24, 2.45) is 29.6 Å². The minimum atomic E-state index is 0.725. The van der Waals surface area contributed by atoms with Crippen molar-refractivity contribution in [1.82, 2.24) is 19.9 Å². The molecule has 0 amide bonds. The first-order valence-corrected chi connectivity index (χ1v) is 8.25. The van der Waals surface area contributed by atoms with Gasteiger partial charge in [0.25, 0.3) is 0 Å². The lowest BCUT2D eigenvalue weighted by Crippen LogP contribution is -2.47. The molecule has 0 radical (unpaired) electrons. The van der Waals surface area contributed by atoms with E-state index in [1.165, 1.54) is 32.1 Å². The summed E-state index contributed by atoms with van der Waals surface area (Å²) >= 11 is 0. The lowest BCUT2D eigenvalue weighted by molar-refractivity contribution is -0.0306. The van der Waals surface area contributed by atoms with Gasteiger partial charge in [-0.25, -0.2) is 9.97 Å². The largest absolute Gasteiger partial charge is 0.354 e. The Morgan fingerprint density at radius 2 is 1.81 bits per heavy atom. The van der Waals surface area contributed by atoms with Crippen LogP contribution in [-0.4, -0.2) is 26.5 Å². The van der Waals surface area contributed by atoms with Gasteiger partial charge >= 0.3 is 0 Å². The Labute approximate surface area is 124 Å². The van der Waals surface area contributed by atoms with E-state index in [2.05, 4.69) is 25.3 Å². The Hall–Kier alpha value is -1.65. The van der Waals surface area contributed by atoms with Crippen LogP contribution in [0.2, 0.25) is 0 Å². The third-order valence-electron chi connectivity index (χ3n) is 6.09. The molecule has 2 aromatic rings. The summed E-state index contributed by atoms with van der Waals surface area (Å²) in [5.41, 5.74) is 1.65. The second kappa shape index (κ2) is 4.42. The van der Waals surface area contributed by atoms with Gasteiger partial charge in [-0.15, -0.1) is 0 Å². The van der Waals surface area contributed by atoms with Crippen LogP contribution < -0.4 is 5.32 Å². The minimum Gasteiger partial charge on any atom is -0.354 e. The van der Waals surface area contributed by atoms with Crippen molar-refractivity contribution < 1.29 is 0 Å². The Morgan fingerprint density at radius 3 is 2.57 bits per heavy atom. The van der Waals surface area contributed by atoms with Crippen molar-refractivity contribution >= 4 is 17.1 Å². The summed E-state index contributed by atoms with van der Waals surface area (Å²) in [4.78, 5) is 16.1. The highest BCUT2D eigenvalue weighted by Crippen LogP contribution is 2.56. The summed E-state index contributed by atoms with van der Waals surface area (Å²) in [5.74, 6) is 5.53. The molecule has 2 heterocycles. The van der Waals surface area contributed by atoms with Gasteiger partial charge in [0.15, 0.2) is 5.65 Å². The third kappa shape index (κ3) is 1.93. The number of nitrogens with zero attached hydrogens (tertiary/aromatic N) is 3. The highest BCUT2D eigenvalue weighted by molar-refractivity contribution is 5.69. The molecule has 2 aromatic heterocycles. The number of hydrogen-bond donors (Lipinski definition) is 2. The van der Waals surface area contributed by atoms with E-state index in [-0.39, 0.29) is 0 Å². The van der Waals surface area contributed by atoms with Gasteiger partial charge in [-0.2, -0.15) is 4.98 Å². The standard InChI is InChI=1S/C16H21N5/c1-9-2-11-4-10(1)5-12(3-9)13(11)6-17-16-18-7-14-15(21-16)20-8-19-14/h7-13H,1-6H2,(H2,17,18,19,20,21). The fourth-order valence-corrected chi connectivity index (χ4v) is 5.40. The first kappa shape index (κ1) is 12.0. The zero-order chi connectivity index (χ0) is 13.8. The molecule has 110 valence electrons. The molecule has 4 bridgehead atoms. The quantitative estimate of drug-likeness (QED) is 0.909. The molecule has 5 nitrogen and oxygen atoms in total. The van der Waals surface area contributed by atoms with Crippen LogP contribution in [0.4, 0.5) is 5.95 Å². The number of H-pyrrole nitrogens is 1. The molecule has 0 spiro atoms. The number of imidazole rings is 1. The van der Waals surface area contributed by atoms with Crippen LogP contribution >= 0.6 is 0 Å². The van der Waals surface area contributed by atoms with Crippen molar-refractivity contribution in [2.45, 2.75) is 32.1 Å². The lowest BCUT2D eigenvalue weighted by Gasteiger charge is -2.54. The van der Waals surface area contributed by atoms with Crippen LogP contribution in [0, 0.1) is 29.6 Å². The SMILES string of the molecule is c1nc2nc(NCC3C4CC5CC(C4)CC3C5)ncc2[nH]1. The van der Waals surface area contributed by atoms with Gasteiger partial charge in [0.1, 0.15) is 5.52 Å². The van der Waals surface area contributed by atoms with Gasteiger partial charge in [0.05, 0.1) is 12.5 Å². The Kier molecular flexibility index (Phi) is 2.52. The smallest absolute Gasteiger partial charge is 0.224 e. The summed E-state index contributed by atoms with van der Waals surface area (Å²) in [6.07, 6.45) is 10.9. The van der Waals surface area contributed by atoms with E-state index < -0.39 is 0 Å². The average Bonchev–Trinajstić information content (AvgIpc) is 2.93. The minimum absolute atomic E-state index is 0.725. The maximum absolute atomic E-state index is 4.47. The molecule has 4 fully saturated rings. The predicted molar refractivity (Wildman–Crippen MR) is 80.7 cm³/mol. The summed E-state index contributed by atoms with van der Waals surface area (Å²) in [6.45, 7) is 1.03. The molecule has 0 aromatic carbocycles. The lowest BCUT2D eigenvalue weighted by atomic mass is 9.52. The van der Waals surface area contributed by atoms with Crippen LogP contribution in [-0.2, 0) is 0 Å². The first-order valence-electron chi connectivity index (χ1n) is 8.25. The molecule has 0 unspecified atom stereocenters. The number of nitrogens with one attached hydrogen (secondary N) is 2. The predicted octanol–water partition coefficient (Wildman–Crippen LogP) is 2.84. The Morgan fingerprint density at radius 1 is 1.05 bits per heavy atom. The van der Waals surface area contributed by atoms with Crippen LogP contribution in [0.1, 0.15) is 32.1 Å². The van der Waals surface area contributed by atoms with E-state index in [0.29, 0.717) is 0 Å². The van der Waals surface area contributed by atoms with E-state index in [1.54, 1.807) is 6.33 Å². The summed E-state index contributed by atoms with van der Waals surface area (Å²) in [5, 5.41) is 3.48. The number of fused-ring (bicyclic) bond motifs is 1. The maximum atomic E-state index is 4.47. The Bertz CT molecular complexity index is 635.